The number of rotatable bonds is 5. The molecular weight excluding hydrogens is 333 g/mol. The molecule has 5 nitrogen and oxygen atoms in total. The van der Waals surface area contributed by atoms with E-state index in [0.717, 1.165) is 51.1 Å². The van der Waals surface area contributed by atoms with Gasteiger partial charge in [-0.15, -0.1) is 0 Å². The quantitative estimate of drug-likeness (QED) is 0.824. The van der Waals surface area contributed by atoms with Crippen LogP contribution in [0.4, 0.5) is 4.39 Å². The van der Waals surface area contributed by atoms with Gasteiger partial charge in [0.15, 0.2) is 0 Å². The average molecular weight is 357 g/mol. The summed E-state index contributed by atoms with van der Waals surface area (Å²) in [6.45, 7) is 4.19. The van der Waals surface area contributed by atoms with Crippen LogP contribution in [0.5, 0.6) is 6.01 Å². The molecule has 0 spiro atoms. The van der Waals surface area contributed by atoms with E-state index in [1.807, 2.05) is 6.07 Å². The standard InChI is InChI=1S/C20H24FN3O2/c21-17-4-1-3-16(13-17)20(7-12-25-15-20)14-24-10-5-18(6-11-24)26-19-22-8-2-9-23-19/h1-4,8-9,13,18H,5-7,10-12,14-15H2. The first kappa shape index (κ1) is 17.4. The molecule has 0 bridgehead atoms. The summed E-state index contributed by atoms with van der Waals surface area (Å²) in [5, 5.41) is 0. The van der Waals surface area contributed by atoms with Gasteiger partial charge >= 0.3 is 6.01 Å². The summed E-state index contributed by atoms with van der Waals surface area (Å²) in [5.41, 5.74) is 0.935. The molecular formula is C20H24FN3O2. The maximum atomic E-state index is 13.7. The molecule has 2 aliphatic rings. The summed E-state index contributed by atoms with van der Waals surface area (Å²) in [5.74, 6) is -0.177. The highest BCUT2D eigenvalue weighted by Gasteiger charge is 2.39. The van der Waals surface area contributed by atoms with Gasteiger partial charge < -0.3 is 14.4 Å². The monoisotopic (exact) mass is 357 g/mol. The van der Waals surface area contributed by atoms with Crippen molar-refractivity contribution in [3.8, 4) is 6.01 Å². The summed E-state index contributed by atoms with van der Waals surface area (Å²) >= 11 is 0. The summed E-state index contributed by atoms with van der Waals surface area (Å²) in [6.07, 6.45) is 6.36. The summed E-state index contributed by atoms with van der Waals surface area (Å²) in [6, 6.07) is 9.22. The van der Waals surface area contributed by atoms with Crippen molar-refractivity contribution in [2.24, 2.45) is 0 Å². The SMILES string of the molecule is Fc1cccc(C2(CN3CCC(Oc4ncccn4)CC3)CCOC2)c1. The molecule has 6 heteroatoms. The van der Waals surface area contributed by atoms with E-state index in [9.17, 15) is 4.39 Å². The van der Waals surface area contributed by atoms with Crippen molar-refractivity contribution >= 4 is 0 Å². The van der Waals surface area contributed by atoms with E-state index in [0.29, 0.717) is 12.6 Å². The Morgan fingerprint density at radius 1 is 1.19 bits per heavy atom. The molecule has 1 aromatic carbocycles. The molecule has 2 aliphatic heterocycles. The van der Waals surface area contributed by atoms with E-state index in [1.165, 1.54) is 6.07 Å². The first-order chi connectivity index (χ1) is 12.7. The number of benzene rings is 1. The zero-order chi connectivity index (χ0) is 17.8. The highest BCUT2D eigenvalue weighted by molar-refractivity contribution is 5.28. The molecule has 0 amide bonds. The predicted octanol–water partition coefficient (Wildman–Crippen LogP) is 2.82. The molecule has 0 saturated carbocycles. The molecule has 0 N–H and O–H groups in total. The van der Waals surface area contributed by atoms with Gasteiger partial charge in [-0.25, -0.2) is 14.4 Å². The Kier molecular flexibility index (Phi) is 5.13. The number of piperidine rings is 1. The van der Waals surface area contributed by atoms with Crippen molar-refractivity contribution in [3.05, 3.63) is 54.1 Å². The first-order valence-electron chi connectivity index (χ1n) is 9.23. The molecule has 3 heterocycles. The molecule has 26 heavy (non-hydrogen) atoms. The second-order valence-electron chi connectivity index (χ2n) is 7.22. The van der Waals surface area contributed by atoms with Crippen molar-refractivity contribution in [1.29, 1.82) is 0 Å². The van der Waals surface area contributed by atoms with Crippen molar-refractivity contribution in [2.45, 2.75) is 30.8 Å². The summed E-state index contributed by atoms with van der Waals surface area (Å²) < 4.78 is 25.3. The van der Waals surface area contributed by atoms with E-state index in [2.05, 4.69) is 14.9 Å². The number of halogens is 1. The van der Waals surface area contributed by atoms with E-state index >= 15 is 0 Å². The lowest BCUT2D eigenvalue weighted by atomic mass is 9.79. The number of aromatic nitrogens is 2. The van der Waals surface area contributed by atoms with Crippen molar-refractivity contribution in [1.82, 2.24) is 14.9 Å². The van der Waals surface area contributed by atoms with Crippen LogP contribution in [0.2, 0.25) is 0 Å². The van der Waals surface area contributed by atoms with Crippen LogP contribution in [-0.2, 0) is 10.2 Å². The van der Waals surface area contributed by atoms with E-state index in [1.54, 1.807) is 30.6 Å². The van der Waals surface area contributed by atoms with Gasteiger partial charge in [-0.1, -0.05) is 12.1 Å². The van der Waals surface area contributed by atoms with Gasteiger partial charge in [-0.2, -0.15) is 0 Å². The predicted molar refractivity (Wildman–Crippen MR) is 95.6 cm³/mol. The van der Waals surface area contributed by atoms with Crippen molar-refractivity contribution in [2.75, 3.05) is 32.8 Å². The maximum absolute atomic E-state index is 13.7. The number of nitrogens with zero attached hydrogens (tertiary/aromatic N) is 3. The molecule has 138 valence electrons. The third-order valence-electron chi connectivity index (χ3n) is 5.42. The van der Waals surface area contributed by atoms with Gasteiger partial charge in [0.2, 0.25) is 0 Å². The lowest BCUT2D eigenvalue weighted by Crippen LogP contribution is -2.46. The topological polar surface area (TPSA) is 47.5 Å². The molecule has 1 atom stereocenters. The van der Waals surface area contributed by atoms with Crippen LogP contribution in [0, 0.1) is 5.82 Å². The van der Waals surface area contributed by atoms with E-state index in [-0.39, 0.29) is 17.3 Å². The number of likely N-dealkylation sites (tertiary alicyclic amines) is 1. The normalized spacial score (nSPS) is 24.7. The van der Waals surface area contributed by atoms with Crippen LogP contribution < -0.4 is 4.74 Å². The molecule has 2 aromatic rings. The van der Waals surface area contributed by atoms with Gasteiger partial charge in [0.1, 0.15) is 11.9 Å². The lowest BCUT2D eigenvalue weighted by molar-refractivity contribution is 0.0750. The minimum Gasteiger partial charge on any atom is -0.460 e. The molecule has 1 aromatic heterocycles. The van der Waals surface area contributed by atoms with Crippen LogP contribution in [0.3, 0.4) is 0 Å². The Morgan fingerprint density at radius 3 is 2.69 bits per heavy atom. The zero-order valence-electron chi connectivity index (χ0n) is 14.8. The van der Waals surface area contributed by atoms with Crippen LogP contribution in [-0.4, -0.2) is 53.8 Å². The van der Waals surface area contributed by atoms with Gasteiger partial charge in [0.05, 0.1) is 6.61 Å². The third-order valence-corrected chi connectivity index (χ3v) is 5.42. The smallest absolute Gasteiger partial charge is 0.316 e. The molecule has 2 fully saturated rings. The average Bonchev–Trinajstić information content (AvgIpc) is 3.14. The molecule has 0 aliphatic carbocycles. The van der Waals surface area contributed by atoms with Crippen molar-refractivity contribution in [3.63, 3.8) is 0 Å². The Morgan fingerprint density at radius 2 is 2.00 bits per heavy atom. The number of hydrogen-bond acceptors (Lipinski definition) is 5. The molecule has 0 radical (unpaired) electrons. The minimum absolute atomic E-state index is 0.113. The molecule has 1 unspecified atom stereocenters. The number of ether oxygens (including phenoxy) is 2. The van der Waals surface area contributed by atoms with Gasteiger partial charge in [-0.05, 0) is 43.0 Å². The molecule has 2 saturated heterocycles. The highest BCUT2D eigenvalue weighted by atomic mass is 19.1. The second kappa shape index (κ2) is 7.68. The van der Waals surface area contributed by atoms with E-state index in [4.69, 9.17) is 9.47 Å². The fraction of sp³-hybridized carbons (Fsp3) is 0.500. The molecule has 4 rings (SSSR count). The summed E-state index contributed by atoms with van der Waals surface area (Å²) in [4.78, 5) is 10.7. The summed E-state index contributed by atoms with van der Waals surface area (Å²) in [7, 11) is 0. The van der Waals surface area contributed by atoms with Crippen molar-refractivity contribution < 1.29 is 13.9 Å². The third kappa shape index (κ3) is 3.86. The van der Waals surface area contributed by atoms with Crippen LogP contribution in [0.15, 0.2) is 42.7 Å². The second-order valence-corrected chi connectivity index (χ2v) is 7.22. The number of hydrogen-bond donors (Lipinski definition) is 0. The minimum atomic E-state index is -0.177. The lowest BCUT2D eigenvalue weighted by Gasteiger charge is -2.38. The fourth-order valence-corrected chi connectivity index (χ4v) is 3.98. The Balaban J connectivity index is 1.38. The van der Waals surface area contributed by atoms with Crippen LogP contribution >= 0.6 is 0 Å². The highest BCUT2D eigenvalue weighted by Crippen LogP contribution is 2.35. The Bertz CT molecular complexity index is 714. The van der Waals surface area contributed by atoms with Gasteiger partial charge in [-0.3, -0.25) is 0 Å². The van der Waals surface area contributed by atoms with Gasteiger partial charge in [0.25, 0.3) is 0 Å². The zero-order valence-corrected chi connectivity index (χ0v) is 14.8. The first-order valence-corrected chi connectivity index (χ1v) is 9.23. The van der Waals surface area contributed by atoms with Crippen LogP contribution in [0.25, 0.3) is 0 Å². The van der Waals surface area contributed by atoms with Crippen LogP contribution in [0.1, 0.15) is 24.8 Å². The van der Waals surface area contributed by atoms with E-state index < -0.39 is 0 Å². The Labute approximate surface area is 153 Å². The van der Waals surface area contributed by atoms with Gasteiger partial charge in [0, 0.05) is 44.0 Å². The Hall–Kier alpha value is -2.05. The fourth-order valence-electron chi connectivity index (χ4n) is 3.98. The maximum Gasteiger partial charge on any atom is 0.316 e. The largest absolute Gasteiger partial charge is 0.460 e.